The second kappa shape index (κ2) is 6.37. The Morgan fingerprint density at radius 1 is 1.48 bits per heavy atom. The van der Waals surface area contributed by atoms with Crippen LogP contribution in [0.3, 0.4) is 0 Å². The number of carbonyl (C=O) groups excluding carboxylic acids is 2. The van der Waals surface area contributed by atoms with Gasteiger partial charge in [0.1, 0.15) is 0 Å². The van der Waals surface area contributed by atoms with Crippen molar-refractivity contribution < 1.29 is 18.8 Å². The van der Waals surface area contributed by atoms with E-state index in [-0.39, 0.29) is 12.1 Å². The summed E-state index contributed by atoms with van der Waals surface area (Å²) < 4.78 is 9.70. The maximum atomic E-state index is 12.5. The maximum Gasteiger partial charge on any atom is 0.340 e. The number of anilines is 1. The van der Waals surface area contributed by atoms with E-state index < -0.39 is 5.97 Å². The first-order valence-corrected chi connectivity index (χ1v) is 8.06. The van der Waals surface area contributed by atoms with Crippen LogP contribution in [-0.2, 0) is 4.74 Å². The Balaban J connectivity index is 1.75. The van der Waals surface area contributed by atoms with Gasteiger partial charge in [0, 0.05) is 24.2 Å². The van der Waals surface area contributed by atoms with E-state index in [1.165, 1.54) is 18.4 Å². The van der Waals surface area contributed by atoms with Crippen molar-refractivity contribution in [3.63, 3.8) is 0 Å². The van der Waals surface area contributed by atoms with Gasteiger partial charge in [-0.3, -0.25) is 0 Å². The summed E-state index contributed by atoms with van der Waals surface area (Å²) in [5.41, 5.74) is 0.791. The van der Waals surface area contributed by atoms with Crippen molar-refractivity contribution in [2.24, 2.45) is 0 Å². The fourth-order valence-electron chi connectivity index (χ4n) is 2.58. The first-order valence-electron chi connectivity index (χ1n) is 7.12. The topological polar surface area (TPSA) is 97.6 Å². The Kier molecular flexibility index (Phi) is 4.28. The van der Waals surface area contributed by atoms with E-state index in [1.54, 1.807) is 22.6 Å². The van der Waals surface area contributed by atoms with Crippen molar-refractivity contribution in [3.8, 4) is 0 Å². The Labute approximate surface area is 136 Å². The lowest BCUT2D eigenvalue weighted by Gasteiger charge is -2.22. The number of thiophene rings is 1. The molecule has 1 saturated heterocycles. The van der Waals surface area contributed by atoms with E-state index in [4.69, 9.17) is 9.26 Å². The van der Waals surface area contributed by atoms with Crippen LogP contribution in [0.5, 0.6) is 0 Å². The Hall–Kier alpha value is -2.42. The third-order valence-electron chi connectivity index (χ3n) is 3.66. The quantitative estimate of drug-likeness (QED) is 0.865. The number of carbonyl (C=O) groups is 2. The normalized spacial score (nSPS) is 17.3. The van der Waals surface area contributed by atoms with Crippen LogP contribution in [0.25, 0.3) is 0 Å². The number of aromatic nitrogens is 2. The zero-order valence-electron chi connectivity index (χ0n) is 12.7. The molecule has 0 unspecified atom stereocenters. The van der Waals surface area contributed by atoms with Crippen LogP contribution in [0.1, 0.15) is 41.0 Å². The highest BCUT2D eigenvalue weighted by Crippen LogP contribution is 2.31. The number of amides is 2. The maximum absolute atomic E-state index is 12.5. The van der Waals surface area contributed by atoms with Crippen molar-refractivity contribution >= 4 is 29.0 Å². The molecule has 1 fully saturated rings. The van der Waals surface area contributed by atoms with Crippen LogP contribution >= 0.6 is 11.3 Å². The molecule has 3 heterocycles. The largest absolute Gasteiger partial charge is 0.465 e. The molecule has 1 N–H and O–H groups in total. The molecule has 2 aromatic rings. The third kappa shape index (κ3) is 3.04. The second-order valence-electron chi connectivity index (χ2n) is 5.14. The van der Waals surface area contributed by atoms with Crippen LogP contribution < -0.4 is 5.32 Å². The molecular formula is C14H16N4O4S. The lowest BCUT2D eigenvalue weighted by Crippen LogP contribution is -2.35. The van der Waals surface area contributed by atoms with E-state index in [1.807, 2.05) is 0 Å². The number of aryl methyl sites for hydroxylation is 1. The number of rotatable bonds is 3. The Morgan fingerprint density at radius 2 is 2.30 bits per heavy atom. The summed E-state index contributed by atoms with van der Waals surface area (Å²) in [6.45, 7) is 2.31. The molecule has 0 bridgehead atoms. The number of urea groups is 1. The van der Waals surface area contributed by atoms with Crippen LogP contribution in [0, 0.1) is 6.92 Å². The van der Waals surface area contributed by atoms with Gasteiger partial charge in [-0.15, -0.1) is 11.3 Å². The Bertz CT molecular complexity index is 726. The lowest BCUT2D eigenvalue weighted by molar-refractivity contribution is 0.0602. The number of methoxy groups -OCH3 is 1. The van der Waals surface area contributed by atoms with Crippen molar-refractivity contribution in [1.82, 2.24) is 15.0 Å². The van der Waals surface area contributed by atoms with Crippen LogP contribution in [0.2, 0.25) is 0 Å². The van der Waals surface area contributed by atoms with Gasteiger partial charge in [0.15, 0.2) is 5.82 Å². The third-order valence-corrected chi connectivity index (χ3v) is 4.41. The average molecular weight is 336 g/mol. The minimum Gasteiger partial charge on any atom is -0.465 e. The minimum atomic E-state index is -0.478. The van der Waals surface area contributed by atoms with Gasteiger partial charge in [-0.05, 0) is 12.8 Å². The summed E-state index contributed by atoms with van der Waals surface area (Å²) >= 11 is 1.32. The fourth-order valence-corrected chi connectivity index (χ4v) is 3.33. The molecule has 1 aliphatic rings. The van der Waals surface area contributed by atoms with E-state index in [0.29, 0.717) is 29.5 Å². The van der Waals surface area contributed by atoms with Crippen molar-refractivity contribution in [1.29, 1.82) is 0 Å². The van der Waals surface area contributed by atoms with Gasteiger partial charge in [-0.2, -0.15) is 4.98 Å². The van der Waals surface area contributed by atoms with Crippen LogP contribution in [0.4, 0.5) is 10.5 Å². The first kappa shape index (κ1) is 15.5. The standard InChI is InChI=1S/C14H16N4O4S/c1-8-15-12(17-22-8)11-4-3-5-18(11)14(20)16-10-7-23-6-9(10)13(19)21-2/h6-7,11H,3-5H2,1-2H3,(H,16,20)/t11-/m1/s1. The highest BCUT2D eigenvalue weighted by Gasteiger charge is 2.33. The van der Waals surface area contributed by atoms with Crippen LogP contribution in [0.15, 0.2) is 15.3 Å². The predicted octanol–water partition coefficient (Wildman–Crippen LogP) is 2.60. The molecule has 0 aliphatic carbocycles. The van der Waals surface area contributed by atoms with Gasteiger partial charge >= 0.3 is 12.0 Å². The molecule has 23 heavy (non-hydrogen) atoms. The summed E-state index contributed by atoms with van der Waals surface area (Å²) in [4.78, 5) is 30.1. The fraction of sp³-hybridized carbons (Fsp3) is 0.429. The molecule has 0 radical (unpaired) electrons. The zero-order chi connectivity index (χ0) is 16.4. The molecular weight excluding hydrogens is 320 g/mol. The predicted molar refractivity (Wildman–Crippen MR) is 82.4 cm³/mol. The monoisotopic (exact) mass is 336 g/mol. The summed E-state index contributed by atoms with van der Waals surface area (Å²) in [6, 6.07) is -0.508. The number of esters is 1. The highest BCUT2D eigenvalue weighted by molar-refractivity contribution is 7.08. The molecule has 8 nitrogen and oxygen atoms in total. The van der Waals surface area contributed by atoms with Crippen LogP contribution in [-0.4, -0.2) is 40.7 Å². The van der Waals surface area contributed by atoms with E-state index >= 15 is 0 Å². The molecule has 1 atom stereocenters. The van der Waals surface area contributed by atoms with Gasteiger partial charge < -0.3 is 19.5 Å². The first-order chi connectivity index (χ1) is 11.1. The van der Waals surface area contributed by atoms with Crippen molar-refractivity contribution in [2.45, 2.75) is 25.8 Å². The molecule has 122 valence electrons. The van der Waals surface area contributed by atoms with Crippen molar-refractivity contribution in [3.05, 3.63) is 28.0 Å². The number of hydrogen-bond donors (Lipinski definition) is 1. The molecule has 3 rings (SSSR count). The average Bonchev–Trinajstić information content (AvgIpc) is 3.25. The van der Waals surface area contributed by atoms with E-state index in [9.17, 15) is 9.59 Å². The number of hydrogen-bond acceptors (Lipinski definition) is 7. The van der Waals surface area contributed by atoms with Gasteiger partial charge in [0.05, 0.1) is 24.4 Å². The molecule has 9 heteroatoms. The van der Waals surface area contributed by atoms with Crippen molar-refractivity contribution in [2.75, 3.05) is 19.0 Å². The SMILES string of the molecule is COC(=O)c1cscc1NC(=O)N1CCC[C@@H]1c1noc(C)n1. The minimum absolute atomic E-state index is 0.215. The lowest BCUT2D eigenvalue weighted by atomic mass is 10.2. The second-order valence-corrected chi connectivity index (χ2v) is 5.89. The molecule has 1 aliphatic heterocycles. The summed E-state index contributed by atoms with van der Waals surface area (Å²) in [6.07, 6.45) is 1.64. The summed E-state index contributed by atoms with van der Waals surface area (Å²) in [5.74, 6) is 0.500. The molecule has 2 aromatic heterocycles. The zero-order valence-corrected chi connectivity index (χ0v) is 13.6. The molecule has 0 spiro atoms. The summed E-state index contributed by atoms with van der Waals surface area (Å²) in [7, 11) is 1.31. The number of nitrogens with zero attached hydrogens (tertiary/aromatic N) is 3. The van der Waals surface area contributed by atoms with Gasteiger partial charge in [-0.25, -0.2) is 9.59 Å². The smallest absolute Gasteiger partial charge is 0.340 e. The number of likely N-dealkylation sites (tertiary alicyclic amines) is 1. The highest BCUT2D eigenvalue weighted by atomic mass is 32.1. The van der Waals surface area contributed by atoms with Gasteiger partial charge in [0.25, 0.3) is 0 Å². The number of nitrogens with one attached hydrogen (secondary N) is 1. The Morgan fingerprint density at radius 3 is 3.00 bits per heavy atom. The molecule has 2 amide bonds. The van der Waals surface area contributed by atoms with E-state index in [0.717, 1.165) is 12.8 Å². The van der Waals surface area contributed by atoms with Gasteiger partial charge in [0.2, 0.25) is 5.89 Å². The molecule has 0 aromatic carbocycles. The molecule has 0 saturated carbocycles. The summed E-state index contributed by atoms with van der Waals surface area (Å²) in [5, 5.41) is 10.0. The van der Waals surface area contributed by atoms with Gasteiger partial charge in [-0.1, -0.05) is 5.16 Å². The number of ether oxygens (including phenoxy) is 1. The van der Waals surface area contributed by atoms with E-state index in [2.05, 4.69) is 15.5 Å².